The summed E-state index contributed by atoms with van der Waals surface area (Å²) in [6.07, 6.45) is 6.44. The number of rotatable bonds is 3. The first kappa shape index (κ1) is 11.0. The lowest BCUT2D eigenvalue weighted by atomic mass is 10.1. The zero-order chi connectivity index (χ0) is 10.5. The molecule has 1 aliphatic heterocycles. The van der Waals surface area contributed by atoms with E-state index in [0.717, 1.165) is 0 Å². The van der Waals surface area contributed by atoms with E-state index in [1.54, 1.807) is 0 Å². The third-order valence-electron chi connectivity index (χ3n) is 2.83. The largest absolute Gasteiger partial charge is 0.307 e. The summed E-state index contributed by atoms with van der Waals surface area (Å²) in [5, 5.41) is 3.67. The summed E-state index contributed by atoms with van der Waals surface area (Å²) in [6, 6.07) is 5.24. The number of nitrogens with zero attached hydrogens (tertiary/aromatic N) is 1. The van der Waals surface area contributed by atoms with Crippen LogP contribution in [0.2, 0.25) is 0 Å². The maximum Gasteiger partial charge on any atom is 0.0315 e. The third kappa shape index (κ3) is 3.21. The van der Waals surface area contributed by atoms with Crippen LogP contribution in [0.25, 0.3) is 0 Å². The number of hydrogen-bond acceptors (Lipinski definition) is 3. The fraction of sp³-hybridized carbons (Fsp3) is 0.583. The molecule has 2 rings (SSSR count). The van der Waals surface area contributed by atoms with Gasteiger partial charge in [-0.25, -0.2) is 0 Å². The fourth-order valence-corrected chi connectivity index (χ4v) is 3.04. The molecule has 0 amide bonds. The molecule has 0 aromatic carbocycles. The Morgan fingerprint density at radius 2 is 2.53 bits per heavy atom. The quantitative estimate of drug-likeness (QED) is 0.851. The summed E-state index contributed by atoms with van der Waals surface area (Å²) < 4.78 is 0. The van der Waals surface area contributed by atoms with Crippen LogP contribution in [0.15, 0.2) is 24.5 Å². The van der Waals surface area contributed by atoms with Crippen LogP contribution in [0.5, 0.6) is 0 Å². The number of thioether (sulfide) groups is 1. The average molecular weight is 222 g/mol. The van der Waals surface area contributed by atoms with Crippen LogP contribution in [0, 0.1) is 0 Å². The molecule has 1 saturated heterocycles. The first-order valence-corrected chi connectivity index (χ1v) is 6.75. The van der Waals surface area contributed by atoms with Gasteiger partial charge in [0.2, 0.25) is 0 Å². The predicted octanol–water partition coefficient (Wildman–Crippen LogP) is 2.63. The Morgan fingerprint density at radius 1 is 1.60 bits per heavy atom. The molecule has 1 fully saturated rings. The normalized spacial score (nSPS) is 23.7. The summed E-state index contributed by atoms with van der Waals surface area (Å²) in [6.45, 7) is 2.22. The molecule has 82 valence electrons. The monoisotopic (exact) mass is 222 g/mol. The van der Waals surface area contributed by atoms with Gasteiger partial charge in [-0.3, -0.25) is 4.98 Å². The zero-order valence-electron chi connectivity index (χ0n) is 9.15. The van der Waals surface area contributed by atoms with E-state index >= 15 is 0 Å². The van der Waals surface area contributed by atoms with Gasteiger partial charge in [-0.2, -0.15) is 11.8 Å². The van der Waals surface area contributed by atoms with Gasteiger partial charge < -0.3 is 5.32 Å². The molecule has 0 aliphatic carbocycles. The summed E-state index contributed by atoms with van der Waals surface area (Å²) in [5.41, 5.74) is 1.29. The Bertz CT molecular complexity index is 283. The van der Waals surface area contributed by atoms with Gasteiger partial charge in [0.25, 0.3) is 0 Å². The van der Waals surface area contributed by atoms with Crippen molar-refractivity contribution in [2.75, 3.05) is 11.5 Å². The van der Waals surface area contributed by atoms with Crippen LogP contribution >= 0.6 is 11.8 Å². The first-order valence-electron chi connectivity index (χ1n) is 5.60. The lowest BCUT2D eigenvalue weighted by molar-refractivity contribution is 0.452. The van der Waals surface area contributed by atoms with Crippen molar-refractivity contribution in [2.45, 2.75) is 31.8 Å². The Labute approximate surface area is 95.9 Å². The van der Waals surface area contributed by atoms with Crippen molar-refractivity contribution in [3.8, 4) is 0 Å². The lowest BCUT2D eigenvalue weighted by Gasteiger charge is -2.26. The summed E-state index contributed by atoms with van der Waals surface area (Å²) in [5.74, 6) is 2.59. The van der Waals surface area contributed by atoms with E-state index in [4.69, 9.17) is 0 Å². The van der Waals surface area contributed by atoms with E-state index in [1.807, 2.05) is 18.5 Å². The van der Waals surface area contributed by atoms with Crippen molar-refractivity contribution in [2.24, 2.45) is 0 Å². The molecule has 1 N–H and O–H groups in total. The maximum atomic E-state index is 4.15. The zero-order valence-corrected chi connectivity index (χ0v) is 9.96. The van der Waals surface area contributed by atoms with E-state index in [-0.39, 0.29) is 0 Å². The number of nitrogens with one attached hydrogen (secondary N) is 1. The molecule has 2 unspecified atom stereocenters. The molecular weight excluding hydrogens is 204 g/mol. The highest BCUT2D eigenvalue weighted by molar-refractivity contribution is 7.99. The molecule has 2 heterocycles. The van der Waals surface area contributed by atoms with Crippen LogP contribution in [-0.2, 0) is 0 Å². The molecule has 0 bridgehead atoms. The van der Waals surface area contributed by atoms with Crippen LogP contribution < -0.4 is 5.32 Å². The SMILES string of the molecule is CC(NC1CCCSC1)c1cccnc1. The van der Waals surface area contributed by atoms with Gasteiger partial charge in [0.1, 0.15) is 0 Å². The van der Waals surface area contributed by atoms with Crippen molar-refractivity contribution in [1.82, 2.24) is 10.3 Å². The Balaban J connectivity index is 1.88. The highest BCUT2D eigenvalue weighted by Crippen LogP contribution is 2.20. The molecule has 0 saturated carbocycles. The van der Waals surface area contributed by atoms with Crippen molar-refractivity contribution in [3.05, 3.63) is 30.1 Å². The van der Waals surface area contributed by atoms with Gasteiger partial charge in [-0.05, 0) is 37.1 Å². The second-order valence-electron chi connectivity index (χ2n) is 4.09. The molecule has 2 atom stereocenters. The van der Waals surface area contributed by atoms with Gasteiger partial charge in [0.15, 0.2) is 0 Å². The van der Waals surface area contributed by atoms with Gasteiger partial charge in [0.05, 0.1) is 0 Å². The molecular formula is C12H18N2S. The standard InChI is InChI=1S/C12H18N2S/c1-10(11-4-2-6-13-8-11)14-12-5-3-7-15-9-12/h2,4,6,8,10,12,14H,3,5,7,9H2,1H3. The Kier molecular flexibility index (Phi) is 4.03. The lowest BCUT2D eigenvalue weighted by Crippen LogP contribution is -2.35. The number of aromatic nitrogens is 1. The fourth-order valence-electron chi connectivity index (χ4n) is 1.95. The van der Waals surface area contributed by atoms with Crippen LogP contribution in [-0.4, -0.2) is 22.5 Å². The van der Waals surface area contributed by atoms with E-state index in [2.05, 4.69) is 35.1 Å². The van der Waals surface area contributed by atoms with Crippen molar-refractivity contribution in [1.29, 1.82) is 0 Å². The topological polar surface area (TPSA) is 24.9 Å². The van der Waals surface area contributed by atoms with Gasteiger partial charge in [-0.15, -0.1) is 0 Å². The summed E-state index contributed by atoms with van der Waals surface area (Å²) >= 11 is 2.06. The van der Waals surface area contributed by atoms with Crippen molar-refractivity contribution in [3.63, 3.8) is 0 Å². The second kappa shape index (κ2) is 5.52. The highest BCUT2D eigenvalue weighted by Gasteiger charge is 2.16. The molecule has 2 nitrogen and oxygen atoms in total. The number of pyridine rings is 1. The summed E-state index contributed by atoms with van der Waals surface area (Å²) in [4.78, 5) is 4.15. The predicted molar refractivity (Wildman–Crippen MR) is 66.1 cm³/mol. The van der Waals surface area contributed by atoms with Crippen molar-refractivity contribution < 1.29 is 0 Å². The number of hydrogen-bond donors (Lipinski definition) is 1. The molecule has 0 spiro atoms. The van der Waals surface area contributed by atoms with Crippen LogP contribution in [0.4, 0.5) is 0 Å². The molecule has 1 aromatic rings. The van der Waals surface area contributed by atoms with Gasteiger partial charge in [-0.1, -0.05) is 6.07 Å². The highest BCUT2D eigenvalue weighted by atomic mass is 32.2. The van der Waals surface area contributed by atoms with Gasteiger partial charge >= 0.3 is 0 Å². The van der Waals surface area contributed by atoms with E-state index in [9.17, 15) is 0 Å². The smallest absolute Gasteiger partial charge is 0.0315 e. The van der Waals surface area contributed by atoms with Crippen LogP contribution in [0.1, 0.15) is 31.4 Å². The average Bonchev–Trinajstić information content (AvgIpc) is 2.31. The first-order chi connectivity index (χ1) is 7.36. The Hall–Kier alpha value is -0.540. The second-order valence-corrected chi connectivity index (χ2v) is 5.24. The molecule has 3 heteroatoms. The Morgan fingerprint density at radius 3 is 3.20 bits per heavy atom. The minimum atomic E-state index is 0.419. The van der Waals surface area contributed by atoms with Gasteiger partial charge in [0, 0.05) is 30.2 Å². The maximum absolute atomic E-state index is 4.15. The molecule has 1 aromatic heterocycles. The van der Waals surface area contributed by atoms with E-state index < -0.39 is 0 Å². The van der Waals surface area contributed by atoms with E-state index in [0.29, 0.717) is 12.1 Å². The minimum Gasteiger partial charge on any atom is -0.307 e. The molecule has 15 heavy (non-hydrogen) atoms. The molecule has 1 aliphatic rings. The van der Waals surface area contributed by atoms with Crippen LogP contribution in [0.3, 0.4) is 0 Å². The summed E-state index contributed by atoms with van der Waals surface area (Å²) in [7, 11) is 0. The third-order valence-corrected chi connectivity index (χ3v) is 4.05. The molecule has 0 radical (unpaired) electrons. The van der Waals surface area contributed by atoms with Crippen molar-refractivity contribution >= 4 is 11.8 Å². The minimum absolute atomic E-state index is 0.419. The van der Waals surface area contributed by atoms with E-state index in [1.165, 1.54) is 29.9 Å².